The van der Waals surface area contributed by atoms with Gasteiger partial charge in [-0.1, -0.05) is 6.07 Å². The third-order valence-corrected chi connectivity index (χ3v) is 4.46. The van der Waals surface area contributed by atoms with Gasteiger partial charge in [-0.05, 0) is 51.8 Å². The van der Waals surface area contributed by atoms with Crippen LogP contribution < -0.4 is 10.1 Å². The van der Waals surface area contributed by atoms with Crippen LogP contribution in [-0.4, -0.2) is 46.6 Å². The third-order valence-electron chi connectivity index (χ3n) is 4.46. The largest absolute Gasteiger partial charge is 0.490 e. The Morgan fingerprint density at radius 1 is 1.38 bits per heavy atom. The minimum absolute atomic E-state index is 0.00765. The number of ether oxygens (including phenoxy) is 1. The van der Waals surface area contributed by atoms with E-state index in [2.05, 4.69) is 15.1 Å². The van der Waals surface area contributed by atoms with E-state index in [1.54, 1.807) is 0 Å². The number of aryl methyl sites for hydroxylation is 2. The summed E-state index contributed by atoms with van der Waals surface area (Å²) in [5.74, 6) is 0.738. The molecule has 0 spiro atoms. The quantitative estimate of drug-likeness (QED) is 0.441. The van der Waals surface area contributed by atoms with E-state index in [-0.39, 0.29) is 13.2 Å². The van der Waals surface area contributed by atoms with Crippen LogP contribution in [0, 0.1) is 24.0 Å². The van der Waals surface area contributed by atoms with Crippen molar-refractivity contribution in [3.8, 4) is 5.75 Å². The lowest BCUT2D eigenvalue weighted by atomic mass is 10.0. The summed E-state index contributed by atoms with van der Waals surface area (Å²) in [5.41, 5.74) is 2.84. The van der Waals surface area contributed by atoms with E-state index in [0.29, 0.717) is 13.0 Å². The molecule has 0 saturated carbocycles. The third kappa shape index (κ3) is 5.34. The molecular weight excluding hydrogens is 338 g/mol. The van der Waals surface area contributed by atoms with Crippen molar-refractivity contribution in [3.63, 3.8) is 0 Å². The van der Waals surface area contributed by atoms with E-state index in [4.69, 9.17) is 4.74 Å². The smallest absolute Gasteiger partial charge is 0.294 e. The molecule has 1 heterocycles. The Bertz CT molecular complexity index is 757. The van der Waals surface area contributed by atoms with Crippen molar-refractivity contribution in [3.05, 3.63) is 39.6 Å². The summed E-state index contributed by atoms with van der Waals surface area (Å²) in [6, 6.07) is 5.80. The van der Waals surface area contributed by atoms with Crippen molar-refractivity contribution >= 4 is 10.9 Å². The van der Waals surface area contributed by atoms with Gasteiger partial charge in [0.15, 0.2) is 0 Å². The molecule has 0 aliphatic heterocycles. The maximum absolute atomic E-state index is 10.2. The molecule has 0 aliphatic rings. The number of fused-ring (bicyclic) bond motifs is 1. The lowest BCUT2D eigenvalue weighted by Crippen LogP contribution is -2.45. The van der Waals surface area contributed by atoms with Crippen LogP contribution in [0.1, 0.15) is 31.5 Å². The predicted octanol–water partition coefficient (Wildman–Crippen LogP) is 2.49. The van der Waals surface area contributed by atoms with Crippen LogP contribution in [0.25, 0.3) is 10.9 Å². The standard InChI is InChI=1S/C18H27N3O5/c1-12-13(2)20-15-6-5-7-16(17(12)15)25-11-14(22)10-19-18(3,4)8-9-26-21(23)24/h5-7,14,19-20,22H,8-11H2,1-4H3. The van der Waals surface area contributed by atoms with Gasteiger partial charge in [0.05, 0.1) is 6.61 Å². The molecule has 1 aromatic carbocycles. The zero-order chi connectivity index (χ0) is 19.3. The summed E-state index contributed by atoms with van der Waals surface area (Å²) >= 11 is 0. The monoisotopic (exact) mass is 365 g/mol. The minimum Gasteiger partial charge on any atom is -0.490 e. The second-order valence-electron chi connectivity index (χ2n) is 7.09. The molecule has 26 heavy (non-hydrogen) atoms. The van der Waals surface area contributed by atoms with Crippen molar-refractivity contribution in [2.45, 2.75) is 45.8 Å². The fourth-order valence-corrected chi connectivity index (χ4v) is 2.73. The number of hydrogen-bond acceptors (Lipinski definition) is 6. The Labute approximate surface area is 152 Å². The van der Waals surface area contributed by atoms with E-state index in [1.165, 1.54) is 0 Å². The Morgan fingerprint density at radius 2 is 2.12 bits per heavy atom. The van der Waals surface area contributed by atoms with Crippen molar-refractivity contribution in [2.75, 3.05) is 19.8 Å². The van der Waals surface area contributed by atoms with Crippen LogP contribution in [0.15, 0.2) is 18.2 Å². The summed E-state index contributed by atoms with van der Waals surface area (Å²) in [6.45, 7) is 8.32. The number of benzene rings is 1. The molecule has 2 rings (SSSR count). The highest BCUT2D eigenvalue weighted by Crippen LogP contribution is 2.30. The molecule has 2 aromatic rings. The molecule has 0 fully saturated rings. The first kappa shape index (κ1) is 20.0. The molecule has 1 atom stereocenters. The summed E-state index contributed by atoms with van der Waals surface area (Å²) < 4.78 is 5.83. The summed E-state index contributed by atoms with van der Waals surface area (Å²) in [5, 5.41) is 23.8. The highest BCUT2D eigenvalue weighted by Gasteiger charge is 2.19. The van der Waals surface area contributed by atoms with E-state index >= 15 is 0 Å². The number of aliphatic hydroxyl groups excluding tert-OH is 1. The van der Waals surface area contributed by atoms with Crippen LogP contribution in [0.5, 0.6) is 5.75 Å². The van der Waals surface area contributed by atoms with Gasteiger partial charge in [-0.3, -0.25) is 0 Å². The zero-order valence-electron chi connectivity index (χ0n) is 15.7. The van der Waals surface area contributed by atoms with Crippen LogP contribution in [0.4, 0.5) is 0 Å². The zero-order valence-corrected chi connectivity index (χ0v) is 15.7. The first-order valence-corrected chi connectivity index (χ1v) is 8.61. The number of H-pyrrole nitrogens is 1. The van der Waals surface area contributed by atoms with Crippen LogP contribution in [0.3, 0.4) is 0 Å². The van der Waals surface area contributed by atoms with Crippen LogP contribution in [0.2, 0.25) is 0 Å². The van der Waals surface area contributed by atoms with Gasteiger partial charge in [0, 0.05) is 28.7 Å². The first-order valence-electron chi connectivity index (χ1n) is 8.61. The summed E-state index contributed by atoms with van der Waals surface area (Å²) in [7, 11) is 0. The molecule has 0 bridgehead atoms. The molecule has 8 heteroatoms. The summed E-state index contributed by atoms with van der Waals surface area (Å²) in [6.07, 6.45) is -0.260. The number of nitrogens with zero attached hydrogens (tertiary/aromatic N) is 1. The van der Waals surface area contributed by atoms with Gasteiger partial charge in [-0.15, -0.1) is 10.1 Å². The van der Waals surface area contributed by atoms with Crippen molar-refractivity contribution in [1.82, 2.24) is 10.3 Å². The Kier molecular flexibility index (Phi) is 6.44. The number of rotatable bonds is 10. The molecule has 3 N–H and O–H groups in total. The van der Waals surface area contributed by atoms with Crippen molar-refractivity contribution < 1.29 is 19.8 Å². The molecular formula is C18H27N3O5. The number of hydrogen-bond donors (Lipinski definition) is 3. The molecule has 8 nitrogen and oxygen atoms in total. The lowest BCUT2D eigenvalue weighted by Gasteiger charge is -2.27. The molecule has 1 unspecified atom stereocenters. The molecule has 0 radical (unpaired) electrons. The molecule has 1 aromatic heterocycles. The maximum atomic E-state index is 10.2. The number of aromatic nitrogens is 1. The predicted molar refractivity (Wildman–Crippen MR) is 98.9 cm³/mol. The van der Waals surface area contributed by atoms with E-state index in [0.717, 1.165) is 27.9 Å². The van der Waals surface area contributed by atoms with Gasteiger partial charge in [0.1, 0.15) is 18.5 Å². The highest BCUT2D eigenvalue weighted by molar-refractivity contribution is 5.90. The number of nitrogens with one attached hydrogen (secondary N) is 2. The molecule has 0 aliphatic carbocycles. The van der Waals surface area contributed by atoms with E-state index < -0.39 is 16.7 Å². The normalized spacial score (nSPS) is 13.0. The van der Waals surface area contributed by atoms with E-state index in [1.807, 2.05) is 45.9 Å². The fourth-order valence-electron chi connectivity index (χ4n) is 2.73. The van der Waals surface area contributed by atoms with Gasteiger partial charge in [0.2, 0.25) is 0 Å². The average Bonchev–Trinajstić information content (AvgIpc) is 2.85. The lowest BCUT2D eigenvalue weighted by molar-refractivity contribution is -0.758. The maximum Gasteiger partial charge on any atom is 0.294 e. The Balaban J connectivity index is 1.85. The second kappa shape index (κ2) is 8.37. The van der Waals surface area contributed by atoms with E-state index in [9.17, 15) is 15.2 Å². The van der Waals surface area contributed by atoms with Gasteiger partial charge in [-0.25, -0.2) is 0 Å². The number of aliphatic hydroxyl groups is 1. The van der Waals surface area contributed by atoms with Crippen molar-refractivity contribution in [1.29, 1.82) is 0 Å². The van der Waals surface area contributed by atoms with Gasteiger partial charge in [0.25, 0.3) is 5.09 Å². The Morgan fingerprint density at radius 3 is 2.81 bits per heavy atom. The number of β-amino-alcohol motifs (C(OH)–C–C–N with tert-alkyl or cyclic N) is 1. The average molecular weight is 365 g/mol. The molecule has 0 saturated heterocycles. The van der Waals surface area contributed by atoms with Gasteiger partial charge < -0.3 is 25.0 Å². The summed E-state index contributed by atoms with van der Waals surface area (Å²) in [4.78, 5) is 17.8. The molecule has 0 amide bonds. The van der Waals surface area contributed by atoms with Gasteiger partial charge >= 0.3 is 0 Å². The van der Waals surface area contributed by atoms with Crippen LogP contribution >= 0.6 is 0 Å². The number of aromatic amines is 1. The topological polar surface area (TPSA) is 110 Å². The van der Waals surface area contributed by atoms with Crippen LogP contribution in [-0.2, 0) is 4.84 Å². The second-order valence-corrected chi connectivity index (χ2v) is 7.09. The highest BCUT2D eigenvalue weighted by atomic mass is 16.9. The molecule has 144 valence electrons. The fraction of sp³-hybridized carbons (Fsp3) is 0.556. The SMILES string of the molecule is Cc1[nH]c2cccc(OCC(O)CNC(C)(C)CCO[N+](=O)[O-])c2c1C. The minimum atomic E-state index is -0.802. The Hall–Kier alpha value is -2.32. The first-order chi connectivity index (χ1) is 12.2. The van der Waals surface area contributed by atoms with Gasteiger partial charge in [-0.2, -0.15) is 0 Å². The van der Waals surface area contributed by atoms with Crippen molar-refractivity contribution in [2.24, 2.45) is 0 Å².